The van der Waals surface area contributed by atoms with Gasteiger partial charge >= 0.3 is 5.97 Å². The summed E-state index contributed by atoms with van der Waals surface area (Å²) in [4.78, 5) is 22.7. The Bertz CT molecular complexity index is 457. The Morgan fingerprint density at radius 2 is 1.85 bits per heavy atom. The molecule has 0 radical (unpaired) electrons. The molecule has 1 amide bonds. The Balaban J connectivity index is 2.36. The Kier molecular flexibility index (Phi) is 6.52. The van der Waals surface area contributed by atoms with Crippen LogP contribution in [0.2, 0.25) is 5.02 Å². The van der Waals surface area contributed by atoms with Crippen molar-refractivity contribution < 1.29 is 14.7 Å². The summed E-state index contributed by atoms with van der Waals surface area (Å²) in [5, 5.41) is 12.2. The van der Waals surface area contributed by atoms with Gasteiger partial charge in [-0.3, -0.25) is 4.79 Å². The molecule has 0 saturated carbocycles. The summed E-state index contributed by atoms with van der Waals surface area (Å²) >= 11 is 5.79. The third kappa shape index (κ3) is 5.61. The molecule has 5 heteroatoms. The molecule has 0 aliphatic rings. The van der Waals surface area contributed by atoms with Crippen molar-refractivity contribution in [1.82, 2.24) is 5.32 Å². The molecule has 0 aliphatic carbocycles. The van der Waals surface area contributed by atoms with Crippen LogP contribution in [0.4, 0.5) is 0 Å². The molecule has 0 fully saturated rings. The summed E-state index contributed by atoms with van der Waals surface area (Å²) in [7, 11) is 0. The summed E-state index contributed by atoms with van der Waals surface area (Å²) < 4.78 is 0. The van der Waals surface area contributed by atoms with Crippen molar-refractivity contribution in [2.24, 2.45) is 5.92 Å². The molecule has 1 aromatic carbocycles. The van der Waals surface area contributed by atoms with E-state index in [0.29, 0.717) is 17.9 Å². The number of carboxylic acid groups (broad SMARTS) is 1. The lowest BCUT2D eigenvalue weighted by molar-refractivity contribution is -0.143. The quantitative estimate of drug-likeness (QED) is 0.813. The maximum Gasteiger partial charge on any atom is 0.326 e. The number of carbonyl (C=O) groups is 2. The highest BCUT2D eigenvalue weighted by Gasteiger charge is 2.22. The number of aryl methyl sites for hydroxylation is 1. The molecule has 0 spiro atoms. The minimum atomic E-state index is -0.994. The number of hydrogen-bond donors (Lipinski definition) is 2. The van der Waals surface area contributed by atoms with Crippen molar-refractivity contribution in [3.05, 3.63) is 34.9 Å². The van der Waals surface area contributed by atoms with Crippen LogP contribution in [0.25, 0.3) is 0 Å². The molecule has 1 rings (SSSR count). The van der Waals surface area contributed by atoms with Crippen LogP contribution in [-0.2, 0) is 16.0 Å². The normalized spacial score (nSPS) is 12.2. The summed E-state index contributed by atoms with van der Waals surface area (Å²) in [6, 6.07) is 6.66. The minimum absolute atomic E-state index is 0.132. The van der Waals surface area contributed by atoms with Gasteiger partial charge in [-0.25, -0.2) is 4.79 Å². The Morgan fingerprint density at radius 1 is 1.25 bits per heavy atom. The fourth-order valence-corrected chi connectivity index (χ4v) is 1.99. The third-order valence-electron chi connectivity index (χ3n) is 3.03. The smallest absolute Gasteiger partial charge is 0.326 e. The largest absolute Gasteiger partial charge is 0.480 e. The molecule has 0 bridgehead atoms. The molecule has 0 saturated heterocycles. The second-order valence-electron chi connectivity index (χ2n) is 5.11. The van der Waals surface area contributed by atoms with Gasteiger partial charge in [0.05, 0.1) is 0 Å². The van der Waals surface area contributed by atoms with Crippen molar-refractivity contribution >= 4 is 23.5 Å². The summed E-state index contributed by atoms with van der Waals surface area (Å²) in [6.45, 7) is 3.54. The van der Waals surface area contributed by atoms with E-state index in [0.717, 1.165) is 12.0 Å². The molecule has 2 N–H and O–H groups in total. The second kappa shape index (κ2) is 7.90. The molecule has 1 aromatic rings. The molecule has 20 heavy (non-hydrogen) atoms. The lowest BCUT2D eigenvalue weighted by Gasteiger charge is -2.17. The predicted molar refractivity (Wildman–Crippen MR) is 78.8 cm³/mol. The maximum atomic E-state index is 11.7. The van der Waals surface area contributed by atoms with Gasteiger partial charge in [-0.15, -0.1) is 0 Å². The van der Waals surface area contributed by atoms with Gasteiger partial charge in [-0.1, -0.05) is 37.6 Å². The lowest BCUT2D eigenvalue weighted by Crippen LogP contribution is -2.44. The highest BCUT2D eigenvalue weighted by Crippen LogP contribution is 2.11. The molecule has 1 unspecified atom stereocenters. The zero-order chi connectivity index (χ0) is 15.1. The third-order valence-corrected chi connectivity index (χ3v) is 3.28. The fraction of sp³-hybridized carbons (Fsp3) is 0.467. The highest BCUT2D eigenvalue weighted by atomic mass is 35.5. The number of carbonyl (C=O) groups excluding carboxylic acids is 1. The van der Waals surface area contributed by atoms with Crippen LogP contribution in [-0.4, -0.2) is 23.0 Å². The van der Waals surface area contributed by atoms with Crippen molar-refractivity contribution in [2.45, 2.75) is 39.2 Å². The average Bonchev–Trinajstić information content (AvgIpc) is 2.37. The van der Waals surface area contributed by atoms with Gasteiger partial charge in [0.2, 0.25) is 5.91 Å². The average molecular weight is 298 g/mol. The topological polar surface area (TPSA) is 66.4 Å². The number of rotatable bonds is 7. The van der Waals surface area contributed by atoms with Gasteiger partial charge < -0.3 is 10.4 Å². The van der Waals surface area contributed by atoms with Gasteiger partial charge in [-0.05, 0) is 36.5 Å². The van der Waals surface area contributed by atoms with Crippen LogP contribution in [0.1, 0.15) is 32.3 Å². The van der Waals surface area contributed by atoms with E-state index in [-0.39, 0.29) is 11.8 Å². The van der Waals surface area contributed by atoms with Crippen molar-refractivity contribution in [3.8, 4) is 0 Å². The molecular weight excluding hydrogens is 278 g/mol. The SMILES string of the molecule is CC(C)C(NC(=O)CCCc1ccc(Cl)cc1)C(=O)O. The van der Waals surface area contributed by atoms with Crippen molar-refractivity contribution in [1.29, 1.82) is 0 Å². The summed E-state index contributed by atoms with van der Waals surface area (Å²) in [6.07, 6.45) is 1.76. The number of benzene rings is 1. The predicted octanol–water partition coefficient (Wildman–Crippen LogP) is 2.89. The van der Waals surface area contributed by atoms with Crippen LogP contribution < -0.4 is 5.32 Å². The van der Waals surface area contributed by atoms with Crippen molar-refractivity contribution in [3.63, 3.8) is 0 Å². The van der Waals surface area contributed by atoms with E-state index >= 15 is 0 Å². The second-order valence-corrected chi connectivity index (χ2v) is 5.54. The number of amides is 1. The van der Waals surface area contributed by atoms with Gasteiger partial charge in [0, 0.05) is 11.4 Å². The Hall–Kier alpha value is -1.55. The number of hydrogen-bond acceptors (Lipinski definition) is 2. The standard InChI is InChI=1S/C15H20ClNO3/c1-10(2)14(15(19)20)17-13(18)5-3-4-11-6-8-12(16)9-7-11/h6-10,14H,3-5H2,1-2H3,(H,17,18)(H,19,20). The van der Waals surface area contributed by atoms with E-state index in [4.69, 9.17) is 16.7 Å². The zero-order valence-corrected chi connectivity index (χ0v) is 12.5. The van der Waals surface area contributed by atoms with E-state index < -0.39 is 12.0 Å². The van der Waals surface area contributed by atoms with Crippen LogP contribution in [0.15, 0.2) is 24.3 Å². The Labute approximate surface area is 124 Å². The van der Waals surface area contributed by atoms with Gasteiger partial charge in [-0.2, -0.15) is 0 Å². The van der Waals surface area contributed by atoms with E-state index in [1.807, 2.05) is 24.3 Å². The zero-order valence-electron chi connectivity index (χ0n) is 11.7. The summed E-state index contributed by atoms with van der Waals surface area (Å²) in [5.74, 6) is -1.35. The summed E-state index contributed by atoms with van der Waals surface area (Å²) in [5.41, 5.74) is 1.11. The molecule has 4 nitrogen and oxygen atoms in total. The minimum Gasteiger partial charge on any atom is -0.480 e. The van der Waals surface area contributed by atoms with Gasteiger partial charge in [0.15, 0.2) is 0 Å². The van der Waals surface area contributed by atoms with E-state index in [9.17, 15) is 9.59 Å². The fourth-order valence-electron chi connectivity index (χ4n) is 1.86. The van der Waals surface area contributed by atoms with Crippen molar-refractivity contribution in [2.75, 3.05) is 0 Å². The first-order valence-corrected chi connectivity index (χ1v) is 7.04. The first-order chi connectivity index (χ1) is 9.40. The number of halogens is 1. The molecule has 0 heterocycles. The van der Waals surface area contributed by atoms with E-state index in [1.165, 1.54) is 0 Å². The first kappa shape index (κ1) is 16.5. The van der Waals surface area contributed by atoms with Gasteiger partial charge in [0.25, 0.3) is 0 Å². The van der Waals surface area contributed by atoms with Crippen LogP contribution in [0, 0.1) is 5.92 Å². The molecule has 110 valence electrons. The van der Waals surface area contributed by atoms with E-state index in [2.05, 4.69) is 5.32 Å². The monoisotopic (exact) mass is 297 g/mol. The van der Waals surface area contributed by atoms with Gasteiger partial charge in [0.1, 0.15) is 6.04 Å². The number of nitrogens with one attached hydrogen (secondary N) is 1. The molecule has 0 aromatic heterocycles. The number of aliphatic carboxylic acids is 1. The molecule has 0 aliphatic heterocycles. The highest BCUT2D eigenvalue weighted by molar-refractivity contribution is 6.30. The lowest BCUT2D eigenvalue weighted by atomic mass is 10.0. The molecular formula is C15H20ClNO3. The number of carboxylic acids is 1. The van der Waals surface area contributed by atoms with Crippen LogP contribution in [0.3, 0.4) is 0 Å². The van der Waals surface area contributed by atoms with E-state index in [1.54, 1.807) is 13.8 Å². The van der Waals surface area contributed by atoms with Crippen LogP contribution >= 0.6 is 11.6 Å². The maximum absolute atomic E-state index is 11.7. The Morgan fingerprint density at radius 3 is 2.35 bits per heavy atom. The first-order valence-electron chi connectivity index (χ1n) is 6.66. The molecule has 1 atom stereocenters. The van der Waals surface area contributed by atoms with Crippen LogP contribution in [0.5, 0.6) is 0 Å².